The first-order chi connectivity index (χ1) is 10.5. The second-order valence-electron chi connectivity index (χ2n) is 5.37. The molecule has 0 aliphatic heterocycles. The van der Waals surface area contributed by atoms with Gasteiger partial charge in [0.2, 0.25) is 0 Å². The minimum absolute atomic E-state index is 0.0591. The molecule has 1 aromatic carbocycles. The van der Waals surface area contributed by atoms with Crippen LogP contribution in [0.1, 0.15) is 44.2 Å². The van der Waals surface area contributed by atoms with E-state index >= 15 is 0 Å². The molecule has 0 heterocycles. The van der Waals surface area contributed by atoms with E-state index in [0.717, 1.165) is 36.0 Å². The first-order valence-electron chi connectivity index (χ1n) is 7.46. The maximum atomic E-state index is 14.0. The van der Waals surface area contributed by atoms with Crippen LogP contribution in [0.25, 0.3) is 5.57 Å². The van der Waals surface area contributed by atoms with Crippen molar-refractivity contribution in [1.82, 2.24) is 0 Å². The highest BCUT2D eigenvalue weighted by atomic mass is 32.1. The van der Waals surface area contributed by atoms with E-state index in [2.05, 4.69) is 6.92 Å². The molecule has 0 fully saturated rings. The van der Waals surface area contributed by atoms with Crippen LogP contribution in [0.3, 0.4) is 0 Å². The van der Waals surface area contributed by atoms with Crippen molar-refractivity contribution in [2.75, 3.05) is 7.11 Å². The molecule has 0 saturated carbocycles. The van der Waals surface area contributed by atoms with Gasteiger partial charge in [0.05, 0.1) is 7.11 Å². The SMILES string of the molecule is CCCCC(C(C)=S)/C(=C\C=O)c1cc(F)c(C)cc1OC. The van der Waals surface area contributed by atoms with Crippen molar-refractivity contribution < 1.29 is 13.9 Å². The van der Waals surface area contributed by atoms with E-state index in [1.54, 1.807) is 20.1 Å². The molecule has 4 heteroatoms. The molecule has 0 N–H and O–H groups in total. The van der Waals surface area contributed by atoms with Gasteiger partial charge in [0.15, 0.2) is 0 Å². The number of thiocarbonyl (C=S) groups is 1. The fraction of sp³-hybridized carbons (Fsp3) is 0.444. The van der Waals surface area contributed by atoms with Crippen LogP contribution < -0.4 is 4.74 Å². The summed E-state index contributed by atoms with van der Waals surface area (Å²) in [6.45, 7) is 5.65. The monoisotopic (exact) mass is 322 g/mol. The van der Waals surface area contributed by atoms with Gasteiger partial charge in [-0.15, -0.1) is 0 Å². The van der Waals surface area contributed by atoms with Crippen LogP contribution in [0.2, 0.25) is 0 Å². The molecule has 0 aliphatic rings. The number of benzene rings is 1. The molecule has 22 heavy (non-hydrogen) atoms. The van der Waals surface area contributed by atoms with Gasteiger partial charge in [-0.2, -0.15) is 0 Å². The summed E-state index contributed by atoms with van der Waals surface area (Å²) >= 11 is 5.37. The summed E-state index contributed by atoms with van der Waals surface area (Å²) in [5, 5.41) is 0. The molecule has 120 valence electrons. The molecule has 1 rings (SSSR count). The summed E-state index contributed by atoms with van der Waals surface area (Å²) in [7, 11) is 1.54. The van der Waals surface area contributed by atoms with Gasteiger partial charge < -0.3 is 4.74 Å². The number of hydrogen-bond donors (Lipinski definition) is 0. The Morgan fingerprint density at radius 3 is 2.64 bits per heavy atom. The lowest BCUT2D eigenvalue weighted by Crippen LogP contribution is -2.13. The van der Waals surface area contributed by atoms with Crippen LogP contribution in [0.15, 0.2) is 18.2 Å². The average molecular weight is 322 g/mol. The summed E-state index contributed by atoms with van der Waals surface area (Å²) in [5.41, 5.74) is 1.84. The maximum absolute atomic E-state index is 14.0. The summed E-state index contributed by atoms with van der Waals surface area (Å²) in [4.78, 5) is 11.9. The number of hydrogen-bond acceptors (Lipinski definition) is 3. The molecule has 1 unspecified atom stereocenters. The molecule has 0 saturated heterocycles. The summed E-state index contributed by atoms with van der Waals surface area (Å²) in [6.07, 6.45) is 5.06. The average Bonchev–Trinajstić information content (AvgIpc) is 2.48. The second-order valence-corrected chi connectivity index (χ2v) is 6.01. The number of rotatable bonds is 8. The summed E-state index contributed by atoms with van der Waals surface area (Å²) in [6, 6.07) is 3.08. The Morgan fingerprint density at radius 2 is 2.14 bits per heavy atom. The van der Waals surface area contributed by atoms with Gasteiger partial charge in [0, 0.05) is 11.5 Å². The standard InChI is InChI=1S/C18H23FO2S/c1-5-6-7-14(13(3)22)15(8-9-20)16-11-17(19)12(2)10-18(16)21-4/h8-11,14H,5-7H2,1-4H3/b15-8+. The molecule has 0 bridgehead atoms. The number of carbonyl (C=O) groups excluding carboxylic acids is 1. The summed E-state index contributed by atoms with van der Waals surface area (Å²) < 4.78 is 19.4. The van der Waals surface area contributed by atoms with Crippen LogP contribution in [0.4, 0.5) is 4.39 Å². The third-order valence-electron chi connectivity index (χ3n) is 3.75. The normalized spacial score (nSPS) is 12.9. The van der Waals surface area contributed by atoms with E-state index in [-0.39, 0.29) is 11.7 Å². The highest BCUT2D eigenvalue weighted by Crippen LogP contribution is 2.36. The number of unbranched alkanes of at least 4 members (excludes halogenated alkanes) is 1. The number of methoxy groups -OCH3 is 1. The largest absolute Gasteiger partial charge is 0.496 e. The lowest BCUT2D eigenvalue weighted by Gasteiger charge is -2.22. The zero-order chi connectivity index (χ0) is 16.7. The van der Waals surface area contributed by atoms with Gasteiger partial charge in [-0.05, 0) is 54.5 Å². The van der Waals surface area contributed by atoms with Crippen LogP contribution in [0.5, 0.6) is 5.75 Å². The quantitative estimate of drug-likeness (QED) is 0.386. The Bertz CT molecular complexity index is 579. The third kappa shape index (κ3) is 4.47. The molecule has 0 aromatic heterocycles. The Kier molecular flexibility index (Phi) is 7.39. The Balaban J connectivity index is 3.42. The van der Waals surface area contributed by atoms with E-state index in [1.807, 2.05) is 6.92 Å². The topological polar surface area (TPSA) is 26.3 Å². The minimum Gasteiger partial charge on any atom is -0.496 e. The van der Waals surface area contributed by atoms with Crippen LogP contribution >= 0.6 is 12.2 Å². The number of halogens is 1. The Morgan fingerprint density at radius 1 is 1.45 bits per heavy atom. The van der Waals surface area contributed by atoms with Gasteiger partial charge in [0.1, 0.15) is 17.9 Å². The molecule has 2 nitrogen and oxygen atoms in total. The smallest absolute Gasteiger partial charge is 0.143 e. The van der Waals surface area contributed by atoms with Gasteiger partial charge in [-0.25, -0.2) is 4.39 Å². The van der Waals surface area contributed by atoms with Gasteiger partial charge in [0.25, 0.3) is 0 Å². The van der Waals surface area contributed by atoms with Crippen LogP contribution in [-0.4, -0.2) is 18.3 Å². The van der Waals surface area contributed by atoms with Crippen molar-refractivity contribution in [3.63, 3.8) is 0 Å². The molecule has 1 aromatic rings. The zero-order valence-electron chi connectivity index (χ0n) is 13.6. The number of aryl methyl sites for hydroxylation is 1. The molecular formula is C18H23FO2S. The fourth-order valence-electron chi connectivity index (χ4n) is 2.50. The van der Waals surface area contributed by atoms with Crippen molar-refractivity contribution in [2.45, 2.75) is 40.0 Å². The van der Waals surface area contributed by atoms with Crippen molar-refractivity contribution in [2.24, 2.45) is 5.92 Å². The minimum atomic E-state index is -0.316. The molecule has 0 amide bonds. The first kappa shape index (κ1) is 18.5. The summed E-state index contributed by atoms with van der Waals surface area (Å²) in [5.74, 6) is 0.185. The number of carbonyl (C=O) groups is 1. The zero-order valence-corrected chi connectivity index (χ0v) is 14.4. The van der Waals surface area contributed by atoms with Crippen LogP contribution in [0, 0.1) is 18.7 Å². The van der Waals surface area contributed by atoms with Gasteiger partial charge >= 0.3 is 0 Å². The van der Waals surface area contributed by atoms with Crippen molar-refractivity contribution in [1.29, 1.82) is 0 Å². The molecule has 1 atom stereocenters. The second kappa shape index (κ2) is 8.79. The molecule has 0 spiro atoms. The Labute approximate surface area is 137 Å². The highest BCUT2D eigenvalue weighted by molar-refractivity contribution is 7.80. The van der Waals surface area contributed by atoms with Crippen molar-refractivity contribution >= 4 is 28.9 Å². The van der Waals surface area contributed by atoms with Crippen molar-refractivity contribution in [3.05, 3.63) is 35.2 Å². The number of allylic oxidation sites excluding steroid dienone is 2. The van der Waals surface area contributed by atoms with E-state index in [0.29, 0.717) is 16.9 Å². The van der Waals surface area contributed by atoms with Gasteiger partial charge in [-0.3, -0.25) is 4.79 Å². The van der Waals surface area contributed by atoms with Gasteiger partial charge in [-0.1, -0.05) is 32.0 Å². The van der Waals surface area contributed by atoms with Crippen molar-refractivity contribution in [3.8, 4) is 5.75 Å². The molecule has 0 aliphatic carbocycles. The fourth-order valence-corrected chi connectivity index (χ4v) is 2.75. The molecular weight excluding hydrogens is 299 g/mol. The number of aldehydes is 1. The van der Waals surface area contributed by atoms with E-state index in [4.69, 9.17) is 17.0 Å². The van der Waals surface area contributed by atoms with Crippen LogP contribution in [-0.2, 0) is 4.79 Å². The predicted octanol–water partition coefficient (Wildman–Crippen LogP) is 4.92. The lowest BCUT2D eigenvalue weighted by molar-refractivity contribution is -0.104. The van der Waals surface area contributed by atoms with E-state index in [1.165, 1.54) is 12.1 Å². The van der Waals surface area contributed by atoms with E-state index in [9.17, 15) is 9.18 Å². The Hall–Kier alpha value is -1.55. The maximum Gasteiger partial charge on any atom is 0.143 e. The third-order valence-corrected chi connectivity index (χ3v) is 4.04. The lowest BCUT2D eigenvalue weighted by atomic mass is 9.85. The first-order valence-corrected chi connectivity index (χ1v) is 7.87. The number of ether oxygens (including phenoxy) is 1. The van der Waals surface area contributed by atoms with E-state index < -0.39 is 0 Å². The highest BCUT2D eigenvalue weighted by Gasteiger charge is 2.21. The molecule has 0 radical (unpaired) electrons. The predicted molar refractivity (Wildman–Crippen MR) is 93.0 cm³/mol.